The van der Waals surface area contributed by atoms with Gasteiger partial charge in [0.15, 0.2) is 0 Å². The Hall–Kier alpha value is -2.17. The number of nitrogens with two attached hydrogens (primary N) is 1. The third-order valence-corrected chi connectivity index (χ3v) is 2.76. The summed E-state index contributed by atoms with van der Waals surface area (Å²) < 4.78 is 12.6. The molecular weight excluding hydrogens is 230 g/mol. The number of ether oxygens (including phenoxy) is 2. The lowest BCUT2D eigenvalue weighted by Crippen LogP contribution is -2.07. The summed E-state index contributed by atoms with van der Waals surface area (Å²) in [5, 5.41) is 4.10. The van der Waals surface area contributed by atoms with E-state index < -0.39 is 0 Å². The minimum atomic E-state index is 0.566. The van der Waals surface area contributed by atoms with Crippen molar-refractivity contribution in [1.82, 2.24) is 9.78 Å². The summed E-state index contributed by atoms with van der Waals surface area (Å²) in [6, 6.07) is 7.37. The number of methoxy groups -OCH3 is 1. The first-order valence-corrected chi connectivity index (χ1v) is 5.74. The summed E-state index contributed by atoms with van der Waals surface area (Å²) in [4.78, 5) is 0. The van der Waals surface area contributed by atoms with Gasteiger partial charge >= 0.3 is 0 Å². The van der Waals surface area contributed by atoms with Gasteiger partial charge in [0, 0.05) is 31.4 Å². The average molecular weight is 247 g/mol. The van der Waals surface area contributed by atoms with Crippen LogP contribution in [0.25, 0.3) is 0 Å². The highest BCUT2D eigenvalue weighted by Gasteiger charge is 2.03. The molecule has 0 spiro atoms. The van der Waals surface area contributed by atoms with Crippen LogP contribution in [0.5, 0.6) is 11.5 Å². The van der Waals surface area contributed by atoms with Crippen LogP contribution >= 0.6 is 0 Å². The molecule has 0 saturated heterocycles. The number of hydrogen-bond acceptors (Lipinski definition) is 4. The summed E-state index contributed by atoms with van der Waals surface area (Å²) in [6.45, 7) is 0.566. The summed E-state index contributed by atoms with van der Waals surface area (Å²) in [5.74, 6) is 1.41. The number of nitrogens with zero attached hydrogens (tertiary/aromatic N) is 2. The minimum Gasteiger partial charge on any atom is -0.497 e. The van der Waals surface area contributed by atoms with E-state index in [1.807, 2.05) is 29.9 Å². The second kappa shape index (κ2) is 5.44. The van der Waals surface area contributed by atoms with Gasteiger partial charge in [0.2, 0.25) is 0 Å². The summed E-state index contributed by atoms with van der Waals surface area (Å²) in [6.07, 6.45) is 2.57. The van der Waals surface area contributed by atoms with E-state index in [0.717, 1.165) is 17.9 Å². The predicted molar refractivity (Wildman–Crippen MR) is 69.8 cm³/mol. The molecule has 0 fully saturated rings. The van der Waals surface area contributed by atoms with Gasteiger partial charge in [-0.15, -0.1) is 0 Å². The maximum atomic E-state index is 5.86. The van der Waals surface area contributed by atoms with Crippen LogP contribution in [0.1, 0.15) is 5.69 Å². The number of aromatic nitrogens is 2. The molecule has 0 aliphatic heterocycles. The van der Waals surface area contributed by atoms with Crippen LogP contribution in [0, 0.1) is 0 Å². The topological polar surface area (TPSA) is 62.3 Å². The molecular formula is C13H17N3O2. The molecule has 5 nitrogen and oxygen atoms in total. The first kappa shape index (κ1) is 12.3. The molecule has 0 unspecified atom stereocenters. The molecule has 0 atom stereocenters. The highest BCUT2D eigenvalue weighted by Crippen LogP contribution is 2.26. The van der Waals surface area contributed by atoms with E-state index >= 15 is 0 Å². The summed E-state index contributed by atoms with van der Waals surface area (Å²) >= 11 is 0. The van der Waals surface area contributed by atoms with Gasteiger partial charge in [0.1, 0.15) is 11.5 Å². The first-order chi connectivity index (χ1) is 8.70. The van der Waals surface area contributed by atoms with Crippen molar-refractivity contribution in [3.8, 4) is 11.5 Å². The molecule has 1 heterocycles. The monoisotopic (exact) mass is 247 g/mol. The van der Waals surface area contributed by atoms with E-state index in [1.54, 1.807) is 19.4 Å². The van der Waals surface area contributed by atoms with Gasteiger partial charge in [-0.1, -0.05) is 0 Å². The molecule has 0 radical (unpaired) electrons. The molecule has 2 rings (SSSR count). The van der Waals surface area contributed by atoms with E-state index in [9.17, 15) is 0 Å². The van der Waals surface area contributed by atoms with E-state index in [2.05, 4.69) is 5.10 Å². The van der Waals surface area contributed by atoms with Gasteiger partial charge in [-0.2, -0.15) is 5.10 Å². The van der Waals surface area contributed by atoms with Gasteiger partial charge in [-0.3, -0.25) is 4.68 Å². The third kappa shape index (κ3) is 2.74. The van der Waals surface area contributed by atoms with Crippen molar-refractivity contribution < 1.29 is 9.47 Å². The lowest BCUT2D eigenvalue weighted by atomic mass is 10.3. The normalized spacial score (nSPS) is 10.3. The number of anilines is 1. The van der Waals surface area contributed by atoms with Crippen LogP contribution in [-0.2, 0) is 13.5 Å². The largest absolute Gasteiger partial charge is 0.497 e. The van der Waals surface area contributed by atoms with Crippen LogP contribution in [0.15, 0.2) is 30.5 Å². The van der Waals surface area contributed by atoms with Crippen LogP contribution in [0.4, 0.5) is 5.69 Å². The molecule has 5 heteroatoms. The Morgan fingerprint density at radius 1 is 1.33 bits per heavy atom. The molecule has 0 aliphatic carbocycles. The van der Waals surface area contributed by atoms with E-state index in [1.165, 1.54) is 0 Å². The van der Waals surface area contributed by atoms with Crippen molar-refractivity contribution in [2.75, 3.05) is 19.5 Å². The fraction of sp³-hybridized carbons (Fsp3) is 0.308. The van der Waals surface area contributed by atoms with Gasteiger partial charge in [0.25, 0.3) is 0 Å². The van der Waals surface area contributed by atoms with E-state index in [0.29, 0.717) is 18.0 Å². The zero-order chi connectivity index (χ0) is 13.0. The maximum absolute atomic E-state index is 5.86. The third-order valence-electron chi connectivity index (χ3n) is 2.76. The SMILES string of the molecule is COc1ccc(OCCc2ccnn2C)c(N)c1. The van der Waals surface area contributed by atoms with Gasteiger partial charge in [0.05, 0.1) is 19.4 Å². The second-order valence-corrected chi connectivity index (χ2v) is 3.95. The van der Waals surface area contributed by atoms with Crippen molar-refractivity contribution in [2.45, 2.75) is 6.42 Å². The lowest BCUT2D eigenvalue weighted by Gasteiger charge is -2.10. The molecule has 2 N–H and O–H groups in total. The average Bonchev–Trinajstić information content (AvgIpc) is 2.77. The Kier molecular flexibility index (Phi) is 3.72. The number of hydrogen-bond donors (Lipinski definition) is 1. The van der Waals surface area contributed by atoms with E-state index in [4.69, 9.17) is 15.2 Å². The van der Waals surface area contributed by atoms with E-state index in [-0.39, 0.29) is 0 Å². The second-order valence-electron chi connectivity index (χ2n) is 3.95. The molecule has 18 heavy (non-hydrogen) atoms. The van der Waals surface area contributed by atoms with Gasteiger partial charge in [-0.25, -0.2) is 0 Å². The summed E-state index contributed by atoms with van der Waals surface area (Å²) in [7, 11) is 3.52. The van der Waals surface area contributed by atoms with Crippen molar-refractivity contribution in [1.29, 1.82) is 0 Å². The van der Waals surface area contributed by atoms with Crippen LogP contribution in [-0.4, -0.2) is 23.5 Å². The minimum absolute atomic E-state index is 0.566. The predicted octanol–water partition coefficient (Wildman–Crippen LogP) is 1.63. The van der Waals surface area contributed by atoms with Gasteiger partial charge in [-0.05, 0) is 18.2 Å². The summed E-state index contributed by atoms with van der Waals surface area (Å²) in [5.41, 5.74) is 7.57. The zero-order valence-electron chi connectivity index (χ0n) is 10.6. The van der Waals surface area contributed by atoms with Gasteiger partial charge < -0.3 is 15.2 Å². The Labute approximate surface area is 106 Å². The Morgan fingerprint density at radius 3 is 2.78 bits per heavy atom. The Bertz CT molecular complexity index is 523. The number of rotatable bonds is 5. The van der Waals surface area contributed by atoms with Crippen LogP contribution in [0.3, 0.4) is 0 Å². The molecule has 0 amide bonds. The smallest absolute Gasteiger partial charge is 0.142 e. The van der Waals surface area contributed by atoms with Crippen molar-refractivity contribution in [3.05, 3.63) is 36.2 Å². The highest BCUT2D eigenvalue weighted by molar-refractivity contribution is 5.56. The number of benzene rings is 1. The Morgan fingerprint density at radius 2 is 2.17 bits per heavy atom. The highest BCUT2D eigenvalue weighted by atomic mass is 16.5. The number of nitrogen functional groups attached to an aromatic ring is 1. The Balaban J connectivity index is 1.92. The molecule has 1 aromatic carbocycles. The fourth-order valence-corrected chi connectivity index (χ4v) is 1.70. The zero-order valence-corrected chi connectivity index (χ0v) is 10.6. The molecule has 0 bridgehead atoms. The molecule has 0 aliphatic rings. The van der Waals surface area contributed by atoms with Crippen molar-refractivity contribution in [2.24, 2.45) is 7.05 Å². The standard InChI is InChI=1S/C13H17N3O2/c1-16-10(5-7-15-16)6-8-18-13-4-3-11(17-2)9-12(13)14/h3-5,7,9H,6,8,14H2,1-2H3. The number of aryl methyl sites for hydroxylation is 1. The van der Waals surface area contributed by atoms with Crippen molar-refractivity contribution >= 4 is 5.69 Å². The molecule has 2 aromatic rings. The van der Waals surface area contributed by atoms with Crippen molar-refractivity contribution in [3.63, 3.8) is 0 Å². The van der Waals surface area contributed by atoms with Crippen LogP contribution < -0.4 is 15.2 Å². The maximum Gasteiger partial charge on any atom is 0.142 e. The molecule has 0 saturated carbocycles. The first-order valence-electron chi connectivity index (χ1n) is 5.74. The lowest BCUT2D eigenvalue weighted by molar-refractivity contribution is 0.319. The fourth-order valence-electron chi connectivity index (χ4n) is 1.70. The van der Waals surface area contributed by atoms with Crippen LogP contribution in [0.2, 0.25) is 0 Å². The molecule has 1 aromatic heterocycles. The molecule has 96 valence electrons. The quantitative estimate of drug-likeness (QED) is 0.816.